The quantitative estimate of drug-likeness (QED) is 0.851. The highest BCUT2D eigenvalue weighted by molar-refractivity contribution is 5.85. The van der Waals surface area contributed by atoms with Gasteiger partial charge in [0.1, 0.15) is 11.3 Å². The molecule has 1 N–H and O–H groups in total. The summed E-state index contributed by atoms with van der Waals surface area (Å²) in [6.07, 6.45) is -1.72. The third-order valence-electron chi connectivity index (χ3n) is 4.19. The number of aromatic carboxylic acids is 1. The lowest BCUT2D eigenvalue weighted by molar-refractivity contribution is -0.139. The highest BCUT2D eigenvalue weighted by Crippen LogP contribution is 2.35. The van der Waals surface area contributed by atoms with Crippen LogP contribution in [0, 0.1) is 12.8 Å². The molecule has 27 heavy (non-hydrogen) atoms. The predicted molar refractivity (Wildman–Crippen MR) is 88.8 cm³/mol. The van der Waals surface area contributed by atoms with Crippen LogP contribution in [-0.4, -0.2) is 45.7 Å². The molecule has 3 heterocycles. The number of pyridine rings is 1. The molecule has 7 nitrogen and oxygen atoms in total. The molecule has 3 rings (SSSR count). The van der Waals surface area contributed by atoms with E-state index in [1.165, 1.54) is 6.07 Å². The largest absolute Gasteiger partial charge is 0.491 e. The molecule has 1 saturated heterocycles. The van der Waals surface area contributed by atoms with Gasteiger partial charge in [-0.3, -0.25) is 4.98 Å². The number of aryl methyl sites for hydroxylation is 1. The Morgan fingerprint density at radius 1 is 1.41 bits per heavy atom. The molecule has 0 unspecified atom stereocenters. The van der Waals surface area contributed by atoms with Crippen LogP contribution in [-0.2, 0) is 6.18 Å². The van der Waals surface area contributed by atoms with Gasteiger partial charge in [0.15, 0.2) is 5.69 Å². The van der Waals surface area contributed by atoms with Crippen molar-refractivity contribution in [1.29, 1.82) is 0 Å². The number of carboxylic acids is 1. The first-order valence-electron chi connectivity index (χ1n) is 8.22. The second kappa shape index (κ2) is 7.37. The molecule has 0 aromatic carbocycles. The monoisotopic (exact) mass is 382 g/mol. The number of carbonyl (C=O) groups is 1. The molecule has 1 atom stereocenters. The Balaban J connectivity index is 1.66. The van der Waals surface area contributed by atoms with Crippen molar-refractivity contribution in [3.05, 3.63) is 41.5 Å². The van der Waals surface area contributed by atoms with Gasteiger partial charge in [-0.1, -0.05) is 0 Å². The zero-order chi connectivity index (χ0) is 19.6. The van der Waals surface area contributed by atoms with Gasteiger partial charge in [0, 0.05) is 30.9 Å². The van der Waals surface area contributed by atoms with Gasteiger partial charge in [-0.15, -0.1) is 0 Å². The van der Waals surface area contributed by atoms with Crippen molar-refractivity contribution in [3.63, 3.8) is 0 Å². The summed E-state index contributed by atoms with van der Waals surface area (Å²) < 4.78 is 44.4. The van der Waals surface area contributed by atoms with Crippen LogP contribution >= 0.6 is 0 Å². The summed E-state index contributed by atoms with van der Waals surface area (Å²) in [5.74, 6) is -1.18. The maximum absolute atomic E-state index is 13.0. The van der Waals surface area contributed by atoms with Crippen molar-refractivity contribution in [2.24, 2.45) is 5.92 Å². The van der Waals surface area contributed by atoms with Gasteiger partial charge < -0.3 is 14.7 Å². The van der Waals surface area contributed by atoms with Gasteiger partial charge in [0.25, 0.3) is 0 Å². The summed E-state index contributed by atoms with van der Waals surface area (Å²) in [4.78, 5) is 24.9. The molecule has 0 bridgehead atoms. The van der Waals surface area contributed by atoms with Crippen molar-refractivity contribution in [2.45, 2.75) is 19.5 Å². The Kier molecular flexibility index (Phi) is 5.15. The lowest BCUT2D eigenvalue weighted by atomic mass is 10.1. The van der Waals surface area contributed by atoms with E-state index < -0.39 is 17.7 Å². The fourth-order valence-electron chi connectivity index (χ4n) is 2.89. The molecule has 0 spiro atoms. The first-order chi connectivity index (χ1) is 12.7. The highest BCUT2D eigenvalue weighted by Gasteiger charge is 2.35. The fourth-order valence-corrected chi connectivity index (χ4v) is 2.89. The number of hydrogen-bond donors (Lipinski definition) is 1. The molecule has 2 aromatic rings. The Bertz CT molecular complexity index is 844. The predicted octanol–water partition coefficient (Wildman–Crippen LogP) is 2.80. The smallest absolute Gasteiger partial charge is 0.420 e. The zero-order valence-corrected chi connectivity index (χ0v) is 14.4. The SMILES string of the molecule is Cc1cc(C(=O)O)nc(N2CC[C@H](COc3cnccc3C(F)(F)F)C2)n1. The minimum absolute atomic E-state index is 0.0383. The van der Waals surface area contributed by atoms with E-state index in [2.05, 4.69) is 15.0 Å². The molecular formula is C17H17F3N4O3. The van der Waals surface area contributed by atoms with Gasteiger partial charge in [0.2, 0.25) is 5.95 Å². The number of halogens is 3. The van der Waals surface area contributed by atoms with Gasteiger partial charge in [-0.25, -0.2) is 14.8 Å². The Morgan fingerprint density at radius 3 is 2.89 bits per heavy atom. The topological polar surface area (TPSA) is 88.4 Å². The second-order valence-electron chi connectivity index (χ2n) is 6.28. The molecule has 1 aliphatic rings. The molecule has 0 saturated carbocycles. The first-order valence-corrected chi connectivity index (χ1v) is 8.22. The van der Waals surface area contributed by atoms with Crippen LogP contribution in [0.15, 0.2) is 24.5 Å². The number of nitrogens with zero attached hydrogens (tertiary/aromatic N) is 4. The van der Waals surface area contributed by atoms with Gasteiger partial charge in [0.05, 0.1) is 12.8 Å². The number of anilines is 1. The molecule has 0 amide bonds. The lowest BCUT2D eigenvalue weighted by Crippen LogP contribution is -2.25. The van der Waals surface area contributed by atoms with E-state index >= 15 is 0 Å². The van der Waals surface area contributed by atoms with E-state index in [1.807, 2.05) is 0 Å². The van der Waals surface area contributed by atoms with Crippen LogP contribution in [0.25, 0.3) is 0 Å². The average Bonchev–Trinajstić information content (AvgIpc) is 3.08. The minimum Gasteiger partial charge on any atom is -0.491 e. The van der Waals surface area contributed by atoms with Crippen LogP contribution in [0.4, 0.5) is 19.1 Å². The zero-order valence-electron chi connectivity index (χ0n) is 14.4. The number of carboxylic acid groups (broad SMARTS) is 1. The normalized spacial score (nSPS) is 17.2. The molecule has 10 heteroatoms. The molecule has 1 aliphatic heterocycles. The maximum atomic E-state index is 13.0. The van der Waals surface area contributed by atoms with E-state index in [1.54, 1.807) is 11.8 Å². The number of alkyl halides is 3. The molecule has 144 valence electrons. The number of ether oxygens (including phenoxy) is 1. The van der Waals surface area contributed by atoms with E-state index in [4.69, 9.17) is 9.84 Å². The van der Waals surface area contributed by atoms with E-state index in [9.17, 15) is 18.0 Å². The van der Waals surface area contributed by atoms with Crippen LogP contribution < -0.4 is 9.64 Å². The van der Waals surface area contributed by atoms with E-state index in [-0.39, 0.29) is 24.0 Å². The van der Waals surface area contributed by atoms with Crippen molar-refractivity contribution >= 4 is 11.9 Å². The van der Waals surface area contributed by atoms with Crippen LogP contribution in [0.5, 0.6) is 5.75 Å². The molecular weight excluding hydrogens is 365 g/mol. The Labute approximate surface area is 152 Å². The first kappa shape index (κ1) is 18.9. The van der Waals surface area contributed by atoms with Gasteiger partial charge in [-0.2, -0.15) is 13.2 Å². The summed E-state index contributed by atoms with van der Waals surface area (Å²) in [6.45, 7) is 2.79. The van der Waals surface area contributed by atoms with Gasteiger partial charge in [-0.05, 0) is 25.5 Å². The summed E-state index contributed by atoms with van der Waals surface area (Å²) in [6, 6.07) is 2.26. The number of aromatic nitrogens is 3. The molecule has 0 radical (unpaired) electrons. The lowest BCUT2D eigenvalue weighted by Gasteiger charge is -2.18. The summed E-state index contributed by atoms with van der Waals surface area (Å²) in [7, 11) is 0. The third kappa shape index (κ3) is 4.44. The van der Waals surface area contributed by atoms with Crippen molar-refractivity contribution in [3.8, 4) is 5.75 Å². The summed E-state index contributed by atoms with van der Waals surface area (Å²) >= 11 is 0. The maximum Gasteiger partial charge on any atom is 0.420 e. The Morgan fingerprint density at radius 2 is 2.19 bits per heavy atom. The summed E-state index contributed by atoms with van der Waals surface area (Å²) in [5.41, 5.74) is -0.426. The Hall–Kier alpha value is -2.91. The van der Waals surface area contributed by atoms with Crippen LogP contribution in [0.1, 0.15) is 28.2 Å². The van der Waals surface area contributed by atoms with Crippen molar-refractivity contribution in [2.75, 3.05) is 24.6 Å². The average molecular weight is 382 g/mol. The molecule has 0 aliphatic carbocycles. The van der Waals surface area contributed by atoms with Crippen LogP contribution in [0.2, 0.25) is 0 Å². The standard InChI is InChI=1S/C17H17F3N4O3/c1-10-6-13(15(25)26)23-16(22-10)24-5-3-11(8-24)9-27-14-7-21-4-2-12(14)17(18,19)20/h2,4,6-7,11H,3,5,8-9H2,1H3,(H,25,26)/t11-/m0/s1. The molecule has 1 fully saturated rings. The van der Waals surface area contributed by atoms with Gasteiger partial charge >= 0.3 is 12.1 Å². The van der Waals surface area contributed by atoms with E-state index in [0.29, 0.717) is 31.2 Å². The third-order valence-corrected chi connectivity index (χ3v) is 4.19. The fraction of sp³-hybridized carbons (Fsp3) is 0.412. The second-order valence-corrected chi connectivity index (χ2v) is 6.28. The van der Waals surface area contributed by atoms with Crippen LogP contribution in [0.3, 0.4) is 0 Å². The molecule has 2 aromatic heterocycles. The number of hydrogen-bond acceptors (Lipinski definition) is 6. The highest BCUT2D eigenvalue weighted by atomic mass is 19.4. The van der Waals surface area contributed by atoms with Crippen molar-refractivity contribution < 1.29 is 27.8 Å². The van der Waals surface area contributed by atoms with E-state index in [0.717, 1.165) is 18.5 Å². The summed E-state index contributed by atoms with van der Waals surface area (Å²) in [5, 5.41) is 9.10. The van der Waals surface area contributed by atoms with Crippen molar-refractivity contribution in [1.82, 2.24) is 15.0 Å². The number of rotatable bonds is 5. The minimum atomic E-state index is -4.51.